The molecule has 1 heterocycles. The largest absolute Gasteiger partial charge is 0.497 e. The van der Waals surface area contributed by atoms with Crippen molar-refractivity contribution in [2.24, 2.45) is 5.73 Å². The lowest BCUT2D eigenvalue weighted by atomic mass is 10.3. The first-order chi connectivity index (χ1) is 8.81. The van der Waals surface area contributed by atoms with Crippen LogP contribution in [0.25, 0.3) is 0 Å². The number of rotatable bonds is 6. The second-order valence-corrected chi connectivity index (χ2v) is 3.65. The van der Waals surface area contributed by atoms with Crippen LogP contribution in [-0.2, 0) is 13.1 Å². The van der Waals surface area contributed by atoms with Crippen LogP contribution in [0.2, 0.25) is 0 Å². The van der Waals surface area contributed by atoms with E-state index < -0.39 is 0 Å². The molecule has 2 rings (SSSR count). The zero-order chi connectivity index (χ0) is 12.8. The summed E-state index contributed by atoms with van der Waals surface area (Å²) in [6.45, 7) is 1.52. The van der Waals surface area contributed by atoms with Crippen molar-refractivity contribution in [2.45, 2.75) is 13.1 Å². The highest BCUT2D eigenvalue weighted by molar-refractivity contribution is 5.31. The van der Waals surface area contributed by atoms with Gasteiger partial charge < -0.3 is 15.2 Å². The Balaban J connectivity index is 1.80. The van der Waals surface area contributed by atoms with Gasteiger partial charge in [0.2, 0.25) is 0 Å². The highest BCUT2D eigenvalue weighted by atomic mass is 16.5. The van der Waals surface area contributed by atoms with Crippen molar-refractivity contribution in [3.8, 4) is 11.5 Å². The molecule has 1 aromatic heterocycles. The van der Waals surface area contributed by atoms with Gasteiger partial charge in [-0.05, 0) is 24.3 Å². The Hall–Kier alpha value is -2.08. The number of hydrogen-bond donors (Lipinski definition) is 1. The van der Waals surface area contributed by atoms with E-state index in [-0.39, 0.29) is 0 Å². The highest BCUT2D eigenvalue weighted by Gasteiger charge is 1.99. The number of nitrogens with two attached hydrogens (primary N) is 1. The molecule has 0 amide bonds. The van der Waals surface area contributed by atoms with Gasteiger partial charge in [0.15, 0.2) is 5.82 Å². The van der Waals surface area contributed by atoms with E-state index in [0.29, 0.717) is 25.5 Å². The van der Waals surface area contributed by atoms with Gasteiger partial charge in [-0.25, -0.2) is 9.67 Å². The smallest absolute Gasteiger partial charge is 0.164 e. The van der Waals surface area contributed by atoms with Gasteiger partial charge >= 0.3 is 0 Å². The van der Waals surface area contributed by atoms with Crippen molar-refractivity contribution in [1.29, 1.82) is 0 Å². The van der Waals surface area contributed by atoms with E-state index in [0.717, 1.165) is 11.5 Å². The molecule has 0 aliphatic rings. The molecule has 0 unspecified atom stereocenters. The lowest BCUT2D eigenvalue weighted by Crippen LogP contribution is -2.09. The number of nitrogens with zero attached hydrogens (tertiary/aromatic N) is 3. The maximum absolute atomic E-state index is 5.58. The first kappa shape index (κ1) is 12.4. The summed E-state index contributed by atoms with van der Waals surface area (Å²) in [7, 11) is 1.63. The van der Waals surface area contributed by atoms with Crippen molar-refractivity contribution in [1.82, 2.24) is 14.8 Å². The minimum absolute atomic E-state index is 0.354. The summed E-state index contributed by atoms with van der Waals surface area (Å²) in [6.07, 6.45) is 1.65. The van der Waals surface area contributed by atoms with Gasteiger partial charge in [0.1, 0.15) is 24.4 Å². The van der Waals surface area contributed by atoms with Crippen LogP contribution < -0.4 is 15.2 Å². The molecule has 0 fully saturated rings. The Morgan fingerprint density at radius 2 is 1.94 bits per heavy atom. The van der Waals surface area contributed by atoms with Crippen molar-refractivity contribution < 1.29 is 9.47 Å². The van der Waals surface area contributed by atoms with Crippen molar-refractivity contribution >= 4 is 0 Å². The first-order valence-corrected chi connectivity index (χ1v) is 5.67. The van der Waals surface area contributed by atoms with Crippen LogP contribution in [-0.4, -0.2) is 28.5 Å². The van der Waals surface area contributed by atoms with Crippen LogP contribution in [0.15, 0.2) is 30.6 Å². The molecule has 0 aliphatic heterocycles. The summed E-state index contributed by atoms with van der Waals surface area (Å²) in [4.78, 5) is 4.04. The molecule has 2 N–H and O–H groups in total. The maximum atomic E-state index is 5.58. The number of ether oxygens (including phenoxy) is 2. The number of methoxy groups -OCH3 is 1. The summed E-state index contributed by atoms with van der Waals surface area (Å²) in [5.74, 6) is 2.25. The molecule has 0 atom stereocenters. The Labute approximate surface area is 105 Å². The molecule has 2 aromatic rings. The molecule has 0 saturated carbocycles. The summed E-state index contributed by atoms with van der Waals surface area (Å²) in [5, 5.41) is 4.17. The second kappa shape index (κ2) is 6.02. The molecule has 0 bridgehead atoms. The molecular weight excluding hydrogens is 232 g/mol. The number of aromatic nitrogens is 3. The fourth-order valence-electron chi connectivity index (χ4n) is 1.46. The predicted octanol–water partition coefficient (Wildman–Crippen LogP) is 0.824. The van der Waals surface area contributed by atoms with E-state index in [1.54, 1.807) is 18.1 Å². The van der Waals surface area contributed by atoms with E-state index in [2.05, 4.69) is 10.1 Å². The van der Waals surface area contributed by atoms with E-state index >= 15 is 0 Å². The van der Waals surface area contributed by atoms with Gasteiger partial charge in [0, 0.05) is 0 Å². The predicted molar refractivity (Wildman–Crippen MR) is 66.4 cm³/mol. The lowest BCUT2D eigenvalue weighted by molar-refractivity contribution is 0.290. The van der Waals surface area contributed by atoms with E-state index in [4.69, 9.17) is 15.2 Å². The van der Waals surface area contributed by atoms with Crippen LogP contribution in [0.3, 0.4) is 0 Å². The lowest BCUT2D eigenvalue weighted by Gasteiger charge is -2.06. The average Bonchev–Trinajstić information content (AvgIpc) is 2.87. The molecule has 0 radical (unpaired) electrons. The molecular formula is C12H16N4O2. The quantitative estimate of drug-likeness (QED) is 0.819. The molecule has 6 nitrogen and oxygen atoms in total. The minimum Gasteiger partial charge on any atom is -0.497 e. The topological polar surface area (TPSA) is 75.2 Å². The third-order valence-electron chi connectivity index (χ3n) is 2.42. The van der Waals surface area contributed by atoms with Gasteiger partial charge in [0.05, 0.1) is 20.2 Å². The van der Waals surface area contributed by atoms with Crippen LogP contribution in [0, 0.1) is 0 Å². The maximum Gasteiger partial charge on any atom is 0.164 e. The zero-order valence-electron chi connectivity index (χ0n) is 10.2. The second-order valence-electron chi connectivity index (χ2n) is 3.65. The summed E-state index contributed by atoms with van der Waals surface area (Å²) in [6, 6.07) is 7.45. The summed E-state index contributed by atoms with van der Waals surface area (Å²) < 4.78 is 12.4. The van der Waals surface area contributed by atoms with E-state index in [1.165, 1.54) is 0 Å². The van der Waals surface area contributed by atoms with Gasteiger partial charge in [-0.1, -0.05) is 0 Å². The fourth-order valence-corrected chi connectivity index (χ4v) is 1.46. The minimum atomic E-state index is 0.354. The SMILES string of the molecule is COc1ccc(OCCn2cnc(CN)n2)cc1. The Kier molecular flexibility index (Phi) is 4.14. The van der Waals surface area contributed by atoms with E-state index in [1.807, 2.05) is 24.3 Å². The number of benzene rings is 1. The molecule has 96 valence electrons. The molecule has 0 aliphatic carbocycles. The van der Waals surface area contributed by atoms with Crippen molar-refractivity contribution in [3.63, 3.8) is 0 Å². The third-order valence-corrected chi connectivity index (χ3v) is 2.42. The van der Waals surface area contributed by atoms with Gasteiger partial charge in [-0.15, -0.1) is 0 Å². The van der Waals surface area contributed by atoms with Crippen molar-refractivity contribution in [3.05, 3.63) is 36.4 Å². The van der Waals surface area contributed by atoms with Crippen LogP contribution in [0.5, 0.6) is 11.5 Å². The Morgan fingerprint density at radius 1 is 1.22 bits per heavy atom. The standard InChI is InChI=1S/C12H16N4O2/c1-17-10-2-4-11(5-3-10)18-7-6-16-9-14-12(8-13)15-16/h2-5,9H,6-8,13H2,1H3. The normalized spacial score (nSPS) is 10.3. The van der Waals surface area contributed by atoms with Crippen LogP contribution in [0.1, 0.15) is 5.82 Å². The molecule has 1 aromatic carbocycles. The molecule has 6 heteroatoms. The molecule has 0 spiro atoms. The van der Waals surface area contributed by atoms with E-state index in [9.17, 15) is 0 Å². The average molecular weight is 248 g/mol. The summed E-state index contributed by atoms with van der Waals surface area (Å²) in [5.41, 5.74) is 5.43. The molecule has 18 heavy (non-hydrogen) atoms. The van der Waals surface area contributed by atoms with Gasteiger partial charge in [-0.2, -0.15) is 5.10 Å². The summed E-state index contributed by atoms with van der Waals surface area (Å²) >= 11 is 0. The monoisotopic (exact) mass is 248 g/mol. The fraction of sp³-hybridized carbons (Fsp3) is 0.333. The number of hydrogen-bond acceptors (Lipinski definition) is 5. The van der Waals surface area contributed by atoms with Gasteiger partial charge in [-0.3, -0.25) is 0 Å². The Morgan fingerprint density at radius 3 is 2.56 bits per heavy atom. The van der Waals surface area contributed by atoms with Crippen molar-refractivity contribution in [2.75, 3.05) is 13.7 Å². The zero-order valence-corrected chi connectivity index (χ0v) is 10.2. The third kappa shape index (κ3) is 3.21. The molecule has 0 saturated heterocycles. The van der Waals surface area contributed by atoms with Crippen LogP contribution >= 0.6 is 0 Å². The highest BCUT2D eigenvalue weighted by Crippen LogP contribution is 2.16. The van der Waals surface area contributed by atoms with Gasteiger partial charge in [0.25, 0.3) is 0 Å². The first-order valence-electron chi connectivity index (χ1n) is 5.67. The Bertz CT molecular complexity index is 481. The van der Waals surface area contributed by atoms with Crippen LogP contribution in [0.4, 0.5) is 0 Å².